The number of rotatable bonds is 4. The standard InChI is InChI=1S/C12H11ClF3NO2/c1-17(7-12(14,15)16)10-4-3-9(13)6-8(10)2-5-11(18)19/h2-6H,7H2,1H3,(H,18,19)/b5-2+. The number of alkyl halides is 3. The van der Waals surface area contributed by atoms with Crippen molar-refractivity contribution in [3.05, 3.63) is 34.9 Å². The van der Waals surface area contributed by atoms with Crippen LogP contribution in [0.4, 0.5) is 18.9 Å². The summed E-state index contributed by atoms with van der Waals surface area (Å²) in [6.45, 7) is -1.14. The molecule has 0 heterocycles. The van der Waals surface area contributed by atoms with E-state index in [9.17, 15) is 18.0 Å². The Labute approximate surface area is 112 Å². The SMILES string of the molecule is CN(CC(F)(F)F)c1ccc(Cl)cc1/C=C/C(=O)O. The molecule has 0 amide bonds. The summed E-state index contributed by atoms with van der Waals surface area (Å²) in [5, 5.41) is 8.86. The van der Waals surface area contributed by atoms with Crippen LogP contribution in [0.3, 0.4) is 0 Å². The average Bonchev–Trinajstić information content (AvgIpc) is 2.23. The number of carboxylic acids is 1. The van der Waals surface area contributed by atoms with Gasteiger partial charge in [-0.2, -0.15) is 13.2 Å². The largest absolute Gasteiger partial charge is 0.478 e. The summed E-state index contributed by atoms with van der Waals surface area (Å²) >= 11 is 5.75. The predicted molar refractivity (Wildman–Crippen MR) is 67.4 cm³/mol. The highest BCUT2D eigenvalue weighted by Gasteiger charge is 2.29. The summed E-state index contributed by atoms with van der Waals surface area (Å²) in [6, 6.07) is 4.26. The third-order valence-electron chi connectivity index (χ3n) is 2.22. The van der Waals surface area contributed by atoms with Crippen molar-refractivity contribution in [1.29, 1.82) is 0 Å². The Morgan fingerprint density at radius 3 is 2.63 bits per heavy atom. The van der Waals surface area contributed by atoms with Gasteiger partial charge in [0.2, 0.25) is 0 Å². The van der Waals surface area contributed by atoms with Gasteiger partial charge in [0.05, 0.1) is 0 Å². The van der Waals surface area contributed by atoms with Gasteiger partial charge in [0.15, 0.2) is 0 Å². The molecule has 0 aliphatic rings. The zero-order valence-corrected chi connectivity index (χ0v) is 10.7. The number of anilines is 1. The first-order chi connectivity index (χ1) is 8.69. The maximum Gasteiger partial charge on any atom is 0.405 e. The molecule has 1 aromatic rings. The third-order valence-corrected chi connectivity index (χ3v) is 2.46. The fourth-order valence-electron chi connectivity index (χ4n) is 1.52. The first kappa shape index (κ1) is 15.4. The van der Waals surface area contributed by atoms with E-state index in [2.05, 4.69) is 0 Å². The number of benzene rings is 1. The van der Waals surface area contributed by atoms with E-state index in [0.717, 1.165) is 11.0 Å². The Hall–Kier alpha value is -1.69. The maximum absolute atomic E-state index is 12.3. The molecule has 0 spiro atoms. The fourth-order valence-corrected chi connectivity index (χ4v) is 1.70. The molecule has 1 rings (SSSR count). The monoisotopic (exact) mass is 293 g/mol. The molecule has 3 nitrogen and oxygen atoms in total. The topological polar surface area (TPSA) is 40.5 Å². The van der Waals surface area contributed by atoms with Crippen molar-refractivity contribution < 1.29 is 23.1 Å². The number of carbonyl (C=O) groups is 1. The van der Waals surface area contributed by atoms with Crippen LogP contribution < -0.4 is 4.90 Å². The lowest BCUT2D eigenvalue weighted by Gasteiger charge is -2.23. The van der Waals surface area contributed by atoms with E-state index in [1.165, 1.54) is 31.3 Å². The van der Waals surface area contributed by atoms with Gasteiger partial charge in [-0.05, 0) is 29.8 Å². The molecular formula is C12H11ClF3NO2. The normalized spacial score (nSPS) is 11.8. The minimum atomic E-state index is -4.35. The maximum atomic E-state index is 12.3. The summed E-state index contributed by atoms with van der Waals surface area (Å²) in [7, 11) is 1.27. The van der Waals surface area contributed by atoms with Crippen LogP contribution in [0.25, 0.3) is 6.08 Å². The number of hydrogen-bond acceptors (Lipinski definition) is 2. The molecule has 1 aromatic carbocycles. The molecule has 0 aromatic heterocycles. The Morgan fingerprint density at radius 2 is 2.11 bits per heavy atom. The van der Waals surface area contributed by atoms with Crippen LogP contribution in [0.2, 0.25) is 5.02 Å². The Balaban J connectivity index is 3.09. The highest BCUT2D eigenvalue weighted by atomic mass is 35.5. The van der Waals surface area contributed by atoms with Gasteiger partial charge in [-0.3, -0.25) is 0 Å². The van der Waals surface area contributed by atoms with Crippen molar-refractivity contribution in [2.75, 3.05) is 18.5 Å². The Kier molecular flexibility index (Phi) is 4.83. The summed E-state index contributed by atoms with van der Waals surface area (Å²) in [6.07, 6.45) is -2.30. The van der Waals surface area contributed by atoms with Gasteiger partial charge in [-0.1, -0.05) is 11.6 Å². The molecule has 0 saturated carbocycles. The van der Waals surface area contributed by atoms with Crippen molar-refractivity contribution >= 4 is 29.3 Å². The van der Waals surface area contributed by atoms with Crippen molar-refractivity contribution in [3.8, 4) is 0 Å². The molecule has 0 fully saturated rings. The molecule has 0 bridgehead atoms. The number of hydrogen-bond donors (Lipinski definition) is 1. The van der Waals surface area contributed by atoms with E-state index in [1.54, 1.807) is 0 Å². The van der Waals surface area contributed by atoms with E-state index in [0.29, 0.717) is 10.6 Å². The Morgan fingerprint density at radius 1 is 1.47 bits per heavy atom. The molecule has 0 aliphatic carbocycles. The summed E-state index contributed by atoms with van der Waals surface area (Å²) in [5.74, 6) is -1.19. The molecule has 104 valence electrons. The average molecular weight is 294 g/mol. The molecule has 1 N–H and O–H groups in total. The fraction of sp³-hybridized carbons (Fsp3) is 0.250. The second-order valence-corrected chi connectivity index (χ2v) is 4.28. The molecular weight excluding hydrogens is 283 g/mol. The van der Waals surface area contributed by atoms with Crippen LogP contribution in [-0.2, 0) is 4.79 Å². The molecule has 19 heavy (non-hydrogen) atoms. The molecule has 0 unspecified atom stereocenters. The van der Waals surface area contributed by atoms with Gasteiger partial charge in [0.1, 0.15) is 6.54 Å². The zero-order chi connectivity index (χ0) is 14.6. The van der Waals surface area contributed by atoms with Crippen molar-refractivity contribution in [2.24, 2.45) is 0 Å². The van der Waals surface area contributed by atoms with Crippen LogP contribution in [0, 0.1) is 0 Å². The number of nitrogens with zero attached hydrogens (tertiary/aromatic N) is 1. The van der Waals surface area contributed by atoms with Crippen LogP contribution in [0.1, 0.15) is 5.56 Å². The second kappa shape index (κ2) is 5.97. The molecule has 0 atom stereocenters. The van der Waals surface area contributed by atoms with Crippen molar-refractivity contribution in [3.63, 3.8) is 0 Å². The molecule has 0 radical (unpaired) electrons. The highest BCUT2D eigenvalue weighted by molar-refractivity contribution is 6.30. The summed E-state index contributed by atoms with van der Waals surface area (Å²) in [4.78, 5) is 11.4. The van der Waals surface area contributed by atoms with Crippen LogP contribution in [-0.4, -0.2) is 30.8 Å². The summed E-state index contributed by atoms with van der Waals surface area (Å²) in [5.41, 5.74) is 0.556. The van der Waals surface area contributed by atoms with Crippen LogP contribution in [0.5, 0.6) is 0 Å². The molecule has 7 heteroatoms. The quantitative estimate of drug-likeness (QED) is 0.865. The third kappa shape index (κ3) is 5.21. The smallest absolute Gasteiger partial charge is 0.405 e. The predicted octanol–water partition coefficient (Wildman–Crippen LogP) is 3.44. The van der Waals surface area contributed by atoms with Gasteiger partial charge in [-0.25, -0.2) is 4.79 Å². The lowest BCUT2D eigenvalue weighted by Crippen LogP contribution is -2.31. The number of halogens is 4. The van der Waals surface area contributed by atoms with Gasteiger partial charge in [-0.15, -0.1) is 0 Å². The van der Waals surface area contributed by atoms with E-state index in [-0.39, 0.29) is 5.69 Å². The van der Waals surface area contributed by atoms with Crippen molar-refractivity contribution in [1.82, 2.24) is 0 Å². The number of carboxylic acid groups (broad SMARTS) is 1. The number of aliphatic carboxylic acids is 1. The highest BCUT2D eigenvalue weighted by Crippen LogP contribution is 2.27. The van der Waals surface area contributed by atoms with E-state index < -0.39 is 18.7 Å². The van der Waals surface area contributed by atoms with Crippen LogP contribution in [0.15, 0.2) is 24.3 Å². The van der Waals surface area contributed by atoms with E-state index in [4.69, 9.17) is 16.7 Å². The lowest BCUT2D eigenvalue weighted by atomic mass is 10.1. The zero-order valence-electron chi connectivity index (χ0n) is 9.91. The van der Waals surface area contributed by atoms with Crippen LogP contribution >= 0.6 is 11.6 Å². The molecule has 0 saturated heterocycles. The van der Waals surface area contributed by atoms with E-state index >= 15 is 0 Å². The summed E-state index contributed by atoms with van der Waals surface area (Å²) < 4.78 is 37.0. The minimum absolute atomic E-state index is 0.249. The van der Waals surface area contributed by atoms with E-state index in [1.807, 2.05) is 0 Å². The lowest BCUT2D eigenvalue weighted by molar-refractivity contribution is -0.131. The van der Waals surface area contributed by atoms with Gasteiger partial charge < -0.3 is 10.0 Å². The van der Waals surface area contributed by atoms with Gasteiger partial charge in [0.25, 0.3) is 0 Å². The Bertz CT molecular complexity index is 500. The van der Waals surface area contributed by atoms with Gasteiger partial charge in [0, 0.05) is 23.8 Å². The minimum Gasteiger partial charge on any atom is -0.478 e. The molecule has 0 aliphatic heterocycles. The first-order valence-electron chi connectivity index (χ1n) is 5.17. The first-order valence-corrected chi connectivity index (χ1v) is 5.55. The second-order valence-electron chi connectivity index (χ2n) is 3.85. The van der Waals surface area contributed by atoms with Gasteiger partial charge >= 0.3 is 12.1 Å². The van der Waals surface area contributed by atoms with Crippen molar-refractivity contribution in [2.45, 2.75) is 6.18 Å².